The predicted molar refractivity (Wildman–Crippen MR) is 66.2 cm³/mol. The topological polar surface area (TPSA) is 33.1 Å². The maximum Gasteiger partial charge on any atom is 0.109 e. The highest BCUT2D eigenvalue weighted by molar-refractivity contribution is 9.10. The van der Waals surface area contributed by atoms with Crippen molar-refractivity contribution < 1.29 is 0 Å². The average molecular weight is 285 g/mol. The van der Waals surface area contributed by atoms with Crippen LogP contribution in [0, 0.1) is 0 Å². The second kappa shape index (κ2) is 4.13. The van der Waals surface area contributed by atoms with Gasteiger partial charge in [-0.25, -0.2) is 0 Å². The summed E-state index contributed by atoms with van der Waals surface area (Å²) in [6.45, 7) is 4.25. The molecule has 1 aromatic heterocycles. The summed E-state index contributed by atoms with van der Waals surface area (Å²) < 4.78 is 3.40. The molecular weight excluding hydrogens is 268 g/mol. The molecule has 0 aliphatic carbocycles. The first-order chi connectivity index (χ1) is 7.75. The molecule has 0 spiro atoms. The van der Waals surface area contributed by atoms with Crippen LogP contribution < -0.4 is 5.32 Å². The second-order valence-corrected chi connectivity index (χ2v) is 5.55. The fourth-order valence-electron chi connectivity index (χ4n) is 2.60. The van der Waals surface area contributed by atoms with Crippen LogP contribution in [-0.4, -0.2) is 34.8 Å². The Morgan fingerprint density at radius 1 is 1.31 bits per heavy atom. The zero-order valence-corrected chi connectivity index (χ0v) is 11.1. The molecule has 0 saturated carbocycles. The van der Waals surface area contributed by atoms with E-state index in [1.807, 2.05) is 0 Å². The molecule has 0 unspecified atom stereocenters. The summed E-state index contributed by atoms with van der Waals surface area (Å²) in [6, 6.07) is 0.580. The van der Waals surface area contributed by atoms with E-state index < -0.39 is 0 Å². The molecule has 88 valence electrons. The van der Waals surface area contributed by atoms with Gasteiger partial charge >= 0.3 is 0 Å². The van der Waals surface area contributed by atoms with Crippen LogP contribution in [0.15, 0.2) is 4.60 Å². The van der Waals surface area contributed by atoms with Crippen LogP contribution in [0.3, 0.4) is 0 Å². The quantitative estimate of drug-likeness (QED) is 0.849. The van der Waals surface area contributed by atoms with E-state index in [2.05, 4.69) is 37.9 Å². The molecule has 2 aliphatic rings. The Morgan fingerprint density at radius 2 is 2.06 bits per heavy atom. The number of hydrogen-bond donors (Lipinski definition) is 1. The van der Waals surface area contributed by atoms with Crippen molar-refractivity contribution in [2.75, 3.05) is 20.1 Å². The highest BCUT2D eigenvalue weighted by atomic mass is 79.9. The lowest BCUT2D eigenvalue weighted by atomic mass is 10.1. The molecule has 0 radical (unpaired) electrons. The molecule has 0 amide bonds. The molecule has 1 saturated heterocycles. The van der Waals surface area contributed by atoms with Crippen molar-refractivity contribution in [1.82, 2.24) is 20.0 Å². The van der Waals surface area contributed by atoms with Crippen molar-refractivity contribution >= 4 is 15.9 Å². The van der Waals surface area contributed by atoms with Gasteiger partial charge in [0.2, 0.25) is 0 Å². The molecule has 0 atom stereocenters. The van der Waals surface area contributed by atoms with Gasteiger partial charge in [-0.1, -0.05) is 0 Å². The summed E-state index contributed by atoms with van der Waals surface area (Å²) in [5.41, 5.74) is 2.59. The number of aromatic nitrogens is 2. The Kier molecular flexibility index (Phi) is 2.77. The maximum absolute atomic E-state index is 4.73. The Balaban J connectivity index is 1.84. The van der Waals surface area contributed by atoms with Gasteiger partial charge in [-0.05, 0) is 48.9 Å². The molecule has 1 N–H and O–H groups in total. The first-order valence-corrected chi connectivity index (χ1v) is 6.70. The van der Waals surface area contributed by atoms with Crippen molar-refractivity contribution in [3.05, 3.63) is 15.9 Å². The highest BCUT2D eigenvalue weighted by Crippen LogP contribution is 2.31. The van der Waals surface area contributed by atoms with Crippen LogP contribution in [0.2, 0.25) is 0 Å². The lowest BCUT2D eigenvalue weighted by molar-refractivity contribution is 0.210. The number of likely N-dealkylation sites (tertiary alicyclic amines) is 1. The van der Waals surface area contributed by atoms with Crippen molar-refractivity contribution in [2.45, 2.75) is 32.0 Å². The standard InChI is InChI=1S/C11H17BrN4/c1-15-4-2-8(3-5-15)16-11(12)9-6-13-7-10(9)14-16/h8,13H,2-7H2,1H3. The van der Waals surface area contributed by atoms with Crippen molar-refractivity contribution in [3.63, 3.8) is 0 Å². The third kappa shape index (κ3) is 1.71. The zero-order valence-electron chi connectivity index (χ0n) is 9.54. The van der Waals surface area contributed by atoms with Gasteiger partial charge in [0.25, 0.3) is 0 Å². The van der Waals surface area contributed by atoms with E-state index in [0.29, 0.717) is 6.04 Å². The van der Waals surface area contributed by atoms with E-state index in [4.69, 9.17) is 5.10 Å². The third-order valence-electron chi connectivity index (χ3n) is 3.66. The van der Waals surface area contributed by atoms with Gasteiger partial charge in [-0.3, -0.25) is 4.68 Å². The van der Waals surface area contributed by atoms with Gasteiger partial charge in [-0.2, -0.15) is 5.10 Å². The zero-order chi connectivity index (χ0) is 11.1. The molecule has 2 aliphatic heterocycles. The van der Waals surface area contributed by atoms with E-state index in [9.17, 15) is 0 Å². The van der Waals surface area contributed by atoms with Crippen molar-refractivity contribution in [2.24, 2.45) is 0 Å². The summed E-state index contributed by atoms with van der Waals surface area (Å²) in [4.78, 5) is 2.39. The van der Waals surface area contributed by atoms with Crippen LogP contribution in [0.5, 0.6) is 0 Å². The number of halogens is 1. The molecule has 4 nitrogen and oxygen atoms in total. The van der Waals surface area contributed by atoms with E-state index in [1.165, 1.54) is 41.8 Å². The molecule has 0 bridgehead atoms. The first kappa shape index (κ1) is 10.7. The minimum Gasteiger partial charge on any atom is -0.307 e. The molecule has 5 heteroatoms. The van der Waals surface area contributed by atoms with Crippen LogP contribution in [0.4, 0.5) is 0 Å². The van der Waals surface area contributed by atoms with Gasteiger partial charge in [-0.15, -0.1) is 0 Å². The van der Waals surface area contributed by atoms with Gasteiger partial charge in [0.05, 0.1) is 11.7 Å². The number of piperidine rings is 1. The lowest BCUT2D eigenvalue weighted by Gasteiger charge is -2.29. The van der Waals surface area contributed by atoms with Gasteiger partial charge < -0.3 is 10.2 Å². The van der Waals surface area contributed by atoms with Crippen molar-refractivity contribution in [3.8, 4) is 0 Å². The van der Waals surface area contributed by atoms with E-state index in [-0.39, 0.29) is 0 Å². The molecule has 16 heavy (non-hydrogen) atoms. The molecule has 3 heterocycles. The van der Waals surface area contributed by atoms with E-state index >= 15 is 0 Å². The van der Waals surface area contributed by atoms with Crippen LogP contribution in [-0.2, 0) is 13.1 Å². The number of nitrogens with zero attached hydrogens (tertiary/aromatic N) is 3. The predicted octanol–water partition coefficient (Wildman–Crippen LogP) is 1.52. The number of nitrogens with one attached hydrogen (secondary N) is 1. The van der Waals surface area contributed by atoms with Crippen LogP contribution in [0.25, 0.3) is 0 Å². The SMILES string of the molecule is CN1CCC(n2nc3c(c2Br)CNC3)CC1. The fourth-order valence-corrected chi connectivity index (χ4v) is 3.33. The minimum absolute atomic E-state index is 0.580. The molecule has 1 fully saturated rings. The Morgan fingerprint density at radius 3 is 2.75 bits per heavy atom. The van der Waals surface area contributed by atoms with Gasteiger partial charge in [0.1, 0.15) is 4.60 Å². The summed E-state index contributed by atoms with van der Waals surface area (Å²) in [6.07, 6.45) is 2.42. The van der Waals surface area contributed by atoms with E-state index in [1.54, 1.807) is 0 Å². The monoisotopic (exact) mass is 284 g/mol. The molecule has 0 aromatic carbocycles. The summed E-state index contributed by atoms with van der Waals surface area (Å²) in [5, 5.41) is 8.06. The Hall–Kier alpha value is -0.390. The third-order valence-corrected chi connectivity index (χ3v) is 4.50. The van der Waals surface area contributed by atoms with Crippen LogP contribution in [0.1, 0.15) is 30.1 Å². The van der Waals surface area contributed by atoms with Crippen molar-refractivity contribution in [1.29, 1.82) is 0 Å². The summed E-state index contributed by atoms with van der Waals surface area (Å²) >= 11 is 3.70. The number of hydrogen-bond acceptors (Lipinski definition) is 3. The van der Waals surface area contributed by atoms with Gasteiger partial charge in [0, 0.05) is 18.7 Å². The summed E-state index contributed by atoms with van der Waals surface area (Å²) in [5.74, 6) is 0. The Labute approximate surface area is 104 Å². The normalized spacial score (nSPS) is 22.6. The largest absolute Gasteiger partial charge is 0.307 e. The highest BCUT2D eigenvalue weighted by Gasteiger charge is 2.26. The first-order valence-electron chi connectivity index (χ1n) is 5.90. The minimum atomic E-state index is 0.580. The molecule has 3 rings (SSSR count). The lowest BCUT2D eigenvalue weighted by Crippen LogP contribution is -2.32. The average Bonchev–Trinajstić information content (AvgIpc) is 2.84. The fraction of sp³-hybridized carbons (Fsp3) is 0.727. The van der Waals surface area contributed by atoms with Gasteiger partial charge in [0.15, 0.2) is 0 Å². The smallest absolute Gasteiger partial charge is 0.109 e. The number of rotatable bonds is 1. The maximum atomic E-state index is 4.73. The van der Waals surface area contributed by atoms with Crippen LogP contribution >= 0.6 is 15.9 Å². The second-order valence-electron chi connectivity index (χ2n) is 4.80. The summed E-state index contributed by atoms with van der Waals surface area (Å²) in [7, 11) is 2.19. The molecule has 1 aromatic rings. The Bertz CT molecular complexity index is 393. The van der Waals surface area contributed by atoms with E-state index in [0.717, 1.165) is 13.1 Å². The molecular formula is C11H17BrN4. The number of fused-ring (bicyclic) bond motifs is 1.